The van der Waals surface area contributed by atoms with Crippen LogP contribution in [0.15, 0.2) is 12.2 Å². The first kappa shape index (κ1) is 26.4. The van der Waals surface area contributed by atoms with Crippen molar-refractivity contribution >= 4 is 35.3 Å². The van der Waals surface area contributed by atoms with Crippen molar-refractivity contribution in [2.75, 3.05) is 37.1 Å². The van der Waals surface area contributed by atoms with Crippen LogP contribution in [0, 0.1) is 11.3 Å². The Balaban J connectivity index is 2.23. The van der Waals surface area contributed by atoms with Crippen molar-refractivity contribution in [3.63, 3.8) is 0 Å². The maximum Gasteiger partial charge on any atom is 0.229 e. The van der Waals surface area contributed by atoms with E-state index in [0.717, 1.165) is 38.3 Å². The van der Waals surface area contributed by atoms with Crippen LogP contribution in [0.25, 0.3) is 0 Å². The number of thioether (sulfide) groups is 2. The SMILES string of the molecule is CCC1(CC(CC=CCCNC(=O)CSC)CCCCCNC(=O)CSC)CC1. The Hall–Kier alpha value is -0.620. The van der Waals surface area contributed by atoms with Crippen LogP contribution in [-0.2, 0) is 9.59 Å². The van der Waals surface area contributed by atoms with Crippen molar-refractivity contribution < 1.29 is 9.59 Å². The van der Waals surface area contributed by atoms with E-state index >= 15 is 0 Å². The molecule has 1 rings (SSSR count). The van der Waals surface area contributed by atoms with Gasteiger partial charge in [-0.2, -0.15) is 23.5 Å². The van der Waals surface area contributed by atoms with Gasteiger partial charge >= 0.3 is 0 Å². The molecule has 1 saturated carbocycles. The molecule has 0 aromatic heterocycles. The maximum absolute atomic E-state index is 11.5. The van der Waals surface area contributed by atoms with Gasteiger partial charge in [0.05, 0.1) is 11.5 Å². The summed E-state index contributed by atoms with van der Waals surface area (Å²) in [7, 11) is 0. The summed E-state index contributed by atoms with van der Waals surface area (Å²) in [5.41, 5.74) is 0.635. The van der Waals surface area contributed by atoms with Gasteiger partial charge in [-0.3, -0.25) is 9.59 Å². The van der Waals surface area contributed by atoms with Crippen LogP contribution < -0.4 is 10.6 Å². The van der Waals surface area contributed by atoms with E-state index in [4.69, 9.17) is 0 Å². The van der Waals surface area contributed by atoms with Crippen molar-refractivity contribution in [1.82, 2.24) is 10.6 Å². The summed E-state index contributed by atoms with van der Waals surface area (Å²) in [5.74, 6) is 2.17. The average Bonchev–Trinajstić information content (AvgIpc) is 3.47. The van der Waals surface area contributed by atoms with Crippen molar-refractivity contribution in [3.05, 3.63) is 12.2 Å². The molecule has 0 bridgehead atoms. The third-order valence-corrected chi connectivity index (χ3v) is 6.96. The molecule has 2 N–H and O–H groups in total. The highest BCUT2D eigenvalue weighted by Gasteiger charge is 2.41. The van der Waals surface area contributed by atoms with Crippen LogP contribution >= 0.6 is 23.5 Å². The smallest absolute Gasteiger partial charge is 0.229 e. The van der Waals surface area contributed by atoms with Crippen LogP contribution in [-0.4, -0.2) is 48.9 Å². The van der Waals surface area contributed by atoms with Crippen molar-refractivity contribution in [2.24, 2.45) is 11.3 Å². The Morgan fingerprint density at radius 2 is 1.62 bits per heavy atom. The molecular weight excluding hydrogens is 400 g/mol. The molecule has 29 heavy (non-hydrogen) atoms. The third kappa shape index (κ3) is 13.3. The van der Waals surface area contributed by atoms with E-state index in [2.05, 4.69) is 29.7 Å². The summed E-state index contributed by atoms with van der Waals surface area (Å²) in [6.45, 7) is 3.89. The van der Waals surface area contributed by atoms with E-state index in [0.29, 0.717) is 16.9 Å². The molecule has 1 atom stereocenters. The number of hydrogen-bond acceptors (Lipinski definition) is 4. The number of amides is 2. The Labute approximate surface area is 187 Å². The minimum atomic E-state index is 0.132. The number of rotatable bonds is 18. The average molecular weight is 443 g/mol. The molecule has 2 amide bonds. The number of unbranched alkanes of at least 4 members (excludes halogenated alkanes) is 2. The molecule has 1 aliphatic carbocycles. The minimum Gasteiger partial charge on any atom is -0.355 e. The van der Waals surface area contributed by atoms with Crippen LogP contribution in [0.2, 0.25) is 0 Å². The van der Waals surface area contributed by atoms with E-state index in [1.165, 1.54) is 44.9 Å². The predicted molar refractivity (Wildman–Crippen MR) is 130 cm³/mol. The molecule has 0 saturated heterocycles. The first-order valence-corrected chi connectivity index (χ1v) is 14.0. The summed E-state index contributed by atoms with van der Waals surface area (Å²) in [6.07, 6.45) is 20.9. The molecule has 0 aromatic rings. The zero-order valence-electron chi connectivity index (χ0n) is 18.8. The van der Waals surface area contributed by atoms with Crippen LogP contribution in [0.3, 0.4) is 0 Å². The lowest BCUT2D eigenvalue weighted by atomic mass is 9.84. The topological polar surface area (TPSA) is 58.2 Å². The Kier molecular flexibility index (Phi) is 14.7. The number of carbonyl (C=O) groups excluding carboxylic acids is 2. The number of allylic oxidation sites excluding steroid dienone is 1. The highest BCUT2D eigenvalue weighted by atomic mass is 32.2. The number of hydrogen-bond donors (Lipinski definition) is 2. The van der Waals surface area contributed by atoms with Crippen LogP contribution in [0.5, 0.6) is 0 Å². The molecular formula is C23H42N2O2S2. The van der Waals surface area contributed by atoms with Crippen molar-refractivity contribution in [2.45, 2.75) is 71.1 Å². The summed E-state index contributed by atoms with van der Waals surface area (Å²) in [6, 6.07) is 0. The van der Waals surface area contributed by atoms with Gasteiger partial charge in [-0.15, -0.1) is 0 Å². The minimum absolute atomic E-state index is 0.132. The lowest BCUT2D eigenvalue weighted by molar-refractivity contribution is -0.119. The highest BCUT2D eigenvalue weighted by molar-refractivity contribution is 7.99. The van der Waals surface area contributed by atoms with Gasteiger partial charge in [-0.05, 0) is 62.4 Å². The van der Waals surface area contributed by atoms with E-state index in [-0.39, 0.29) is 11.8 Å². The van der Waals surface area contributed by atoms with Gasteiger partial charge in [0, 0.05) is 13.1 Å². The van der Waals surface area contributed by atoms with Crippen molar-refractivity contribution in [3.8, 4) is 0 Å². The van der Waals surface area contributed by atoms with E-state index in [1.807, 2.05) is 12.5 Å². The van der Waals surface area contributed by atoms with E-state index in [1.54, 1.807) is 23.5 Å². The van der Waals surface area contributed by atoms with Gasteiger partial charge in [0.25, 0.3) is 0 Å². The first-order valence-electron chi connectivity index (χ1n) is 11.2. The van der Waals surface area contributed by atoms with Crippen LogP contribution in [0.4, 0.5) is 0 Å². The zero-order chi connectivity index (χ0) is 21.4. The third-order valence-electron chi connectivity index (χ3n) is 5.86. The molecule has 4 nitrogen and oxygen atoms in total. The largest absolute Gasteiger partial charge is 0.355 e. The fourth-order valence-electron chi connectivity index (χ4n) is 3.82. The van der Waals surface area contributed by atoms with Crippen LogP contribution in [0.1, 0.15) is 71.1 Å². The second-order valence-corrected chi connectivity index (χ2v) is 10.1. The molecule has 6 heteroatoms. The quantitative estimate of drug-likeness (QED) is 0.231. The first-order chi connectivity index (χ1) is 14.0. The van der Waals surface area contributed by atoms with Crippen molar-refractivity contribution in [1.29, 1.82) is 0 Å². The number of carbonyl (C=O) groups is 2. The summed E-state index contributed by atoms with van der Waals surface area (Å²) < 4.78 is 0. The monoisotopic (exact) mass is 442 g/mol. The second kappa shape index (κ2) is 16.1. The standard InChI is InChI=1S/C23H42N2O2S2/c1-4-23(13-14-23)17-20(11-7-5-9-15-24-21(26)18-28-2)12-8-6-10-16-25-22(27)19-29-3/h5,7,20H,4,6,8-19H2,1-3H3,(H,24,26)(H,25,27). The normalized spacial score (nSPS) is 16.0. The fourth-order valence-corrected chi connectivity index (χ4v) is 4.55. The Morgan fingerprint density at radius 1 is 0.966 bits per heavy atom. The fraction of sp³-hybridized carbons (Fsp3) is 0.826. The summed E-state index contributed by atoms with van der Waals surface area (Å²) >= 11 is 3.13. The summed E-state index contributed by atoms with van der Waals surface area (Å²) in [4.78, 5) is 22.9. The molecule has 0 radical (unpaired) electrons. The Bertz CT molecular complexity index is 493. The second-order valence-electron chi connectivity index (χ2n) is 8.33. The number of nitrogens with one attached hydrogen (secondary N) is 2. The molecule has 1 unspecified atom stereocenters. The highest BCUT2D eigenvalue weighted by Crippen LogP contribution is 2.54. The van der Waals surface area contributed by atoms with E-state index in [9.17, 15) is 9.59 Å². The Morgan fingerprint density at radius 3 is 2.21 bits per heavy atom. The molecule has 0 heterocycles. The molecule has 0 aliphatic heterocycles. The molecule has 0 aromatic carbocycles. The lowest BCUT2D eigenvalue weighted by Gasteiger charge is -2.21. The molecule has 168 valence electrons. The molecule has 1 fully saturated rings. The predicted octanol–water partition coefficient (Wildman–Crippen LogP) is 5.04. The van der Waals surface area contributed by atoms with Gasteiger partial charge in [-0.25, -0.2) is 0 Å². The lowest BCUT2D eigenvalue weighted by Crippen LogP contribution is -2.26. The molecule has 0 spiro atoms. The van der Waals surface area contributed by atoms with Gasteiger partial charge in [-0.1, -0.05) is 44.8 Å². The van der Waals surface area contributed by atoms with Gasteiger partial charge in [0.2, 0.25) is 11.8 Å². The summed E-state index contributed by atoms with van der Waals surface area (Å²) in [5, 5.41) is 5.95. The molecule has 1 aliphatic rings. The maximum atomic E-state index is 11.5. The van der Waals surface area contributed by atoms with Gasteiger partial charge in [0.1, 0.15) is 0 Å². The van der Waals surface area contributed by atoms with E-state index < -0.39 is 0 Å². The zero-order valence-corrected chi connectivity index (χ0v) is 20.4. The van der Waals surface area contributed by atoms with Gasteiger partial charge < -0.3 is 10.6 Å². The van der Waals surface area contributed by atoms with Gasteiger partial charge in [0.15, 0.2) is 0 Å².